The van der Waals surface area contributed by atoms with Crippen molar-refractivity contribution in [3.05, 3.63) is 0 Å². The number of aliphatic carboxylic acids is 1. The van der Waals surface area contributed by atoms with Gasteiger partial charge in [0.15, 0.2) is 0 Å². The lowest BCUT2D eigenvalue weighted by molar-refractivity contribution is -0.139. The van der Waals surface area contributed by atoms with Gasteiger partial charge < -0.3 is 10.4 Å². The SMILES string of the molecule is CCCC1(F)CNC(C(=O)O)C1. The Balaban J connectivity index is 2.48. The zero-order chi connectivity index (χ0) is 9.19. The first kappa shape index (κ1) is 9.45. The topological polar surface area (TPSA) is 49.3 Å². The van der Waals surface area contributed by atoms with E-state index in [-0.39, 0.29) is 13.0 Å². The van der Waals surface area contributed by atoms with Gasteiger partial charge in [-0.1, -0.05) is 13.3 Å². The number of halogens is 1. The predicted molar refractivity (Wildman–Crippen MR) is 42.8 cm³/mol. The molecular formula is C8H14FNO2. The summed E-state index contributed by atoms with van der Waals surface area (Å²) >= 11 is 0. The lowest BCUT2D eigenvalue weighted by Crippen LogP contribution is -2.30. The average Bonchev–Trinajstić information content (AvgIpc) is 2.33. The fraction of sp³-hybridized carbons (Fsp3) is 0.875. The molecule has 12 heavy (non-hydrogen) atoms. The second kappa shape index (κ2) is 3.39. The van der Waals surface area contributed by atoms with E-state index in [4.69, 9.17) is 5.11 Å². The summed E-state index contributed by atoms with van der Waals surface area (Å²) in [6.45, 7) is 2.08. The van der Waals surface area contributed by atoms with Crippen LogP contribution in [0.1, 0.15) is 26.2 Å². The second-order valence-electron chi connectivity index (χ2n) is 3.38. The smallest absolute Gasteiger partial charge is 0.320 e. The quantitative estimate of drug-likeness (QED) is 0.671. The highest BCUT2D eigenvalue weighted by molar-refractivity contribution is 5.74. The third-order valence-electron chi connectivity index (χ3n) is 2.23. The summed E-state index contributed by atoms with van der Waals surface area (Å²) in [5, 5.41) is 11.2. The number of carbonyl (C=O) groups is 1. The van der Waals surface area contributed by atoms with E-state index < -0.39 is 17.7 Å². The second-order valence-corrected chi connectivity index (χ2v) is 3.38. The minimum Gasteiger partial charge on any atom is -0.480 e. The molecule has 0 amide bonds. The van der Waals surface area contributed by atoms with E-state index in [0.29, 0.717) is 6.42 Å². The molecule has 1 heterocycles. The molecule has 1 fully saturated rings. The van der Waals surface area contributed by atoms with Gasteiger partial charge in [0.05, 0.1) is 0 Å². The maximum atomic E-state index is 13.6. The molecule has 1 saturated heterocycles. The monoisotopic (exact) mass is 175 g/mol. The van der Waals surface area contributed by atoms with Crippen LogP contribution in [0.25, 0.3) is 0 Å². The first-order valence-electron chi connectivity index (χ1n) is 4.22. The van der Waals surface area contributed by atoms with Gasteiger partial charge in [0.2, 0.25) is 0 Å². The molecule has 0 aromatic heterocycles. The van der Waals surface area contributed by atoms with E-state index >= 15 is 0 Å². The average molecular weight is 175 g/mol. The molecular weight excluding hydrogens is 161 g/mol. The Morgan fingerprint density at radius 3 is 2.92 bits per heavy atom. The predicted octanol–water partition coefficient (Wildman–Crippen LogP) is 0.941. The zero-order valence-electron chi connectivity index (χ0n) is 7.14. The van der Waals surface area contributed by atoms with Crippen molar-refractivity contribution in [2.75, 3.05) is 6.54 Å². The van der Waals surface area contributed by atoms with Gasteiger partial charge in [-0.15, -0.1) is 0 Å². The number of nitrogens with one attached hydrogen (secondary N) is 1. The third kappa shape index (κ3) is 1.94. The van der Waals surface area contributed by atoms with Gasteiger partial charge in [-0.05, 0) is 6.42 Å². The maximum Gasteiger partial charge on any atom is 0.320 e. The Kier molecular flexibility index (Phi) is 2.67. The number of rotatable bonds is 3. The molecule has 0 spiro atoms. The number of hydrogen-bond acceptors (Lipinski definition) is 2. The lowest BCUT2D eigenvalue weighted by Gasteiger charge is -2.16. The molecule has 1 rings (SSSR count). The van der Waals surface area contributed by atoms with Crippen molar-refractivity contribution in [1.29, 1.82) is 0 Å². The molecule has 70 valence electrons. The summed E-state index contributed by atoms with van der Waals surface area (Å²) in [5.74, 6) is -0.953. The maximum absolute atomic E-state index is 13.6. The molecule has 1 aliphatic heterocycles. The molecule has 0 aromatic rings. The van der Waals surface area contributed by atoms with Crippen molar-refractivity contribution in [2.24, 2.45) is 0 Å². The standard InChI is InChI=1S/C8H14FNO2/c1-2-3-8(9)4-6(7(11)12)10-5-8/h6,10H,2-5H2,1H3,(H,11,12). The fourth-order valence-electron chi connectivity index (χ4n) is 1.63. The van der Waals surface area contributed by atoms with Crippen LogP contribution in [0, 0.1) is 0 Å². The molecule has 1 aliphatic rings. The molecule has 4 heteroatoms. The van der Waals surface area contributed by atoms with E-state index in [0.717, 1.165) is 6.42 Å². The van der Waals surface area contributed by atoms with Crippen molar-refractivity contribution in [2.45, 2.75) is 37.9 Å². The number of hydrogen-bond donors (Lipinski definition) is 2. The van der Waals surface area contributed by atoms with E-state index in [1.165, 1.54) is 0 Å². The fourth-order valence-corrected chi connectivity index (χ4v) is 1.63. The number of alkyl halides is 1. The Morgan fingerprint density at radius 2 is 2.50 bits per heavy atom. The van der Waals surface area contributed by atoms with E-state index in [1.807, 2.05) is 6.92 Å². The molecule has 2 atom stereocenters. The largest absolute Gasteiger partial charge is 0.480 e. The Morgan fingerprint density at radius 1 is 1.83 bits per heavy atom. The highest BCUT2D eigenvalue weighted by Crippen LogP contribution is 2.28. The van der Waals surface area contributed by atoms with Crippen molar-refractivity contribution in [3.63, 3.8) is 0 Å². The first-order valence-corrected chi connectivity index (χ1v) is 4.22. The van der Waals surface area contributed by atoms with E-state index in [9.17, 15) is 9.18 Å². The van der Waals surface area contributed by atoms with Gasteiger partial charge in [-0.2, -0.15) is 0 Å². The molecule has 0 radical (unpaired) electrons. The van der Waals surface area contributed by atoms with Gasteiger partial charge in [0.25, 0.3) is 0 Å². The van der Waals surface area contributed by atoms with Crippen LogP contribution in [0.2, 0.25) is 0 Å². The summed E-state index contributed by atoms with van der Waals surface area (Å²) in [5.41, 5.74) is -1.29. The van der Waals surface area contributed by atoms with Crippen molar-refractivity contribution < 1.29 is 14.3 Å². The summed E-state index contributed by atoms with van der Waals surface area (Å²) < 4.78 is 13.6. The van der Waals surface area contributed by atoms with Crippen LogP contribution in [0.5, 0.6) is 0 Å². The van der Waals surface area contributed by atoms with Crippen LogP contribution in [-0.4, -0.2) is 29.3 Å². The normalized spacial score (nSPS) is 35.3. The Bertz CT molecular complexity index is 186. The molecule has 3 nitrogen and oxygen atoms in total. The molecule has 0 saturated carbocycles. The van der Waals surface area contributed by atoms with Crippen LogP contribution < -0.4 is 5.32 Å². The Hall–Kier alpha value is -0.640. The van der Waals surface area contributed by atoms with Crippen LogP contribution in [0.15, 0.2) is 0 Å². The van der Waals surface area contributed by atoms with Gasteiger partial charge in [0.1, 0.15) is 11.7 Å². The molecule has 0 bridgehead atoms. The van der Waals surface area contributed by atoms with E-state index in [1.54, 1.807) is 0 Å². The van der Waals surface area contributed by atoms with Crippen molar-refractivity contribution in [1.82, 2.24) is 5.32 Å². The summed E-state index contributed by atoms with van der Waals surface area (Å²) in [6, 6.07) is -0.693. The molecule has 0 aromatic carbocycles. The van der Waals surface area contributed by atoms with Gasteiger partial charge in [-0.3, -0.25) is 4.79 Å². The van der Waals surface area contributed by atoms with Crippen LogP contribution >= 0.6 is 0 Å². The van der Waals surface area contributed by atoms with Gasteiger partial charge >= 0.3 is 5.97 Å². The lowest BCUT2D eigenvalue weighted by atomic mass is 9.97. The third-order valence-corrected chi connectivity index (χ3v) is 2.23. The molecule has 2 N–H and O–H groups in total. The minimum absolute atomic E-state index is 0.107. The highest BCUT2D eigenvalue weighted by Gasteiger charge is 2.41. The number of carboxylic acid groups (broad SMARTS) is 1. The van der Waals surface area contributed by atoms with Crippen LogP contribution in [0.4, 0.5) is 4.39 Å². The van der Waals surface area contributed by atoms with Crippen molar-refractivity contribution >= 4 is 5.97 Å². The summed E-state index contributed by atoms with van der Waals surface area (Å²) in [4.78, 5) is 10.5. The molecule has 0 aliphatic carbocycles. The minimum atomic E-state index is -1.29. The van der Waals surface area contributed by atoms with E-state index in [2.05, 4.69) is 5.32 Å². The Labute approximate surface area is 71.0 Å². The molecule has 2 unspecified atom stereocenters. The van der Waals surface area contributed by atoms with Gasteiger partial charge in [-0.25, -0.2) is 4.39 Å². The summed E-state index contributed by atoms with van der Waals surface area (Å²) in [7, 11) is 0. The van der Waals surface area contributed by atoms with Crippen LogP contribution in [-0.2, 0) is 4.79 Å². The van der Waals surface area contributed by atoms with Gasteiger partial charge in [0, 0.05) is 13.0 Å². The highest BCUT2D eigenvalue weighted by atomic mass is 19.1. The number of carboxylic acids is 1. The summed E-state index contributed by atoms with van der Waals surface area (Å²) in [6.07, 6.45) is 1.31. The zero-order valence-corrected chi connectivity index (χ0v) is 7.14. The van der Waals surface area contributed by atoms with Crippen molar-refractivity contribution in [3.8, 4) is 0 Å². The van der Waals surface area contributed by atoms with Crippen LogP contribution in [0.3, 0.4) is 0 Å². The first-order chi connectivity index (χ1) is 5.57.